The average molecular weight is 322 g/mol. The molecule has 0 saturated heterocycles. The number of aromatic nitrogens is 3. The van der Waals surface area contributed by atoms with Crippen LogP contribution >= 0.6 is 0 Å². The van der Waals surface area contributed by atoms with E-state index in [4.69, 9.17) is 5.73 Å². The summed E-state index contributed by atoms with van der Waals surface area (Å²) in [6.45, 7) is 3.48. The normalized spacial score (nSPS) is 17.2. The number of nitrogens with two attached hydrogens (primary N) is 1. The van der Waals surface area contributed by atoms with E-state index in [-0.39, 0.29) is 11.8 Å². The van der Waals surface area contributed by atoms with E-state index in [1.165, 1.54) is 5.56 Å². The highest BCUT2D eigenvalue weighted by atomic mass is 16.2. The number of carbonyl (C=O) groups excluding carboxylic acids is 1. The van der Waals surface area contributed by atoms with Crippen LogP contribution in [-0.4, -0.2) is 26.6 Å². The zero-order valence-electron chi connectivity index (χ0n) is 13.9. The van der Waals surface area contributed by atoms with Crippen LogP contribution in [0.1, 0.15) is 28.3 Å². The first-order chi connectivity index (χ1) is 11.7. The second-order valence-corrected chi connectivity index (χ2v) is 6.52. The van der Waals surface area contributed by atoms with Crippen molar-refractivity contribution >= 4 is 16.8 Å². The first kappa shape index (κ1) is 15.1. The summed E-state index contributed by atoms with van der Waals surface area (Å²) in [6, 6.07) is 8.13. The molecule has 5 nitrogen and oxygen atoms in total. The highest BCUT2D eigenvalue weighted by Gasteiger charge is 2.29. The molecule has 3 heterocycles. The van der Waals surface area contributed by atoms with Gasteiger partial charge in [0.05, 0.1) is 5.52 Å². The van der Waals surface area contributed by atoms with Crippen molar-refractivity contribution in [3.8, 4) is 0 Å². The molecule has 0 bridgehead atoms. The summed E-state index contributed by atoms with van der Waals surface area (Å²) in [5.41, 5.74) is 9.00. The topological polar surface area (TPSA) is 65.8 Å². The molecule has 1 atom stereocenters. The highest BCUT2D eigenvalue weighted by Crippen LogP contribution is 2.29. The number of benzene rings is 1. The molecule has 3 aromatic rings. The Kier molecular flexibility index (Phi) is 3.73. The van der Waals surface area contributed by atoms with Gasteiger partial charge in [-0.1, -0.05) is 18.2 Å². The molecule has 0 amide bonds. The van der Waals surface area contributed by atoms with E-state index in [0.717, 1.165) is 41.8 Å². The van der Waals surface area contributed by atoms with E-state index in [0.29, 0.717) is 13.0 Å². The van der Waals surface area contributed by atoms with Gasteiger partial charge in [0.25, 0.3) is 0 Å². The number of hydrogen-bond donors (Lipinski definition) is 1. The number of nitrogens with zero attached hydrogens (tertiary/aromatic N) is 3. The van der Waals surface area contributed by atoms with Crippen molar-refractivity contribution in [3.63, 3.8) is 0 Å². The summed E-state index contributed by atoms with van der Waals surface area (Å²) in [5.74, 6) is 1.18. The molecule has 0 fully saturated rings. The lowest BCUT2D eigenvalue weighted by molar-refractivity contribution is 0.0814. The number of aryl methyl sites for hydroxylation is 1. The van der Waals surface area contributed by atoms with Gasteiger partial charge in [-0.2, -0.15) is 0 Å². The predicted molar refractivity (Wildman–Crippen MR) is 94.1 cm³/mol. The second kappa shape index (κ2) is 5.91. The van der Waals surface area contributed by atoms with Gasteiger partial charge in [0.15, 0.2) is 0 Å². The lowest BCUT2D eigenvalue weighted by atomic mass is 9.96. The molecular formula is C19H22N4O. The van der Waals surface area contributed by atoms with Crippen molar-refractivity contribution in [1.82, 2.24) is 14.1 Å². The quantitative estimate of drug-likeness (QED) is 0.806. The van der Waals surface area contributed by atoms with E-state index in [1.807, 2.05) is 42.1 Å². The molecule has 0 aliphatic carbocycles. The fourth-order valence-corrected chi connectivity index (χ4v) is 3.92. The van der Waals surface area contributed by atoms with E-state index >= 15 is 0 Å². The smallest absolute Gasteiger partial charge is 0.234 e. The van der Waals surface area contributed by atoms with Crippen LogP contribution in [0, 0.1) is 12.8 Å². The molecule has 2 aromatic heterocycles. The van der Waals surface area contributed by atoms with Gasteiger partial charge in [-0.05, 0) is 37.9 Å². The number of rotatable bonds is 3. The van der Waals surface area contributed by atoms with Gasteiger partial charge in [-0.25, -0.2) is 4.98 Å². The molecule has 124 valence electrons. The van der Waals surface area contributed by atoms with Crippen molar-refractivity contribution in [2.75, 3.05) is 6.54 Å². The van der Waals surface area contributed by atoms with Gasteiger partial charge >= 0.3 is 0 Å². The van der Waals surface area contributed by atoms with Crippen LogP contribution in [0.3, 0.4) is 0 Å². The second-order valence-electron chi connectivity index (χ2n) is 6.52. The Morgan fingerprint density at radius 2 is 2.21 bits per heavy atom. The van der Waals surface area contributed by atoms with Crippen LogP contribution < -0.4 is 5.73 Å². The van der Waals surface area contributed by atoms with Crippen LogP contribution in [0.15, 0.2) is 36.7 Å². The number of fused-ring (bicyclic) bond motifs is 2. The minimum Gasteiger partial charge on any atom is -0.335 e. The Morgan fingerprint density at radius 1 is 1.38 bits per heavy atom. The van der Waals surface area contributed by atoms with Gasteiger partial charge in [0, 0.05) is 42.4 Å². The predicted octanol–water partition coefficient (Wildman–Crippen LogP) is 2.55. The third-order valence-corrected chi connectivity index (χ3v) is 5.16. The van der Waals surface area contributed by atoms with Crippen molar-refractivity contribution in [1.29, 1.82) is 0 Å². The Labute approximate surface area is 141 Å². The maximum atomic E-state index is 13.3. The third kappa shape index (κ3) is 2.27. The molecule has 1 aromatic carbocycles. The third-order valence-electron chi connectivity index (χ3n) is 5.16. The maximum absolute atomic E-state index is 13.3. The molecule has 0 saturated carbocycles. The molecular weight excluding hydrogens is 300 g/mol. The van der Waals surface area contributed by atoms with Crippen molar-refractivity contribution < 1.29 is 4.79 Å². The lowest BCUT2D eigenvalue weighted by Gasteiger charge is -2.23. The monoisotopic (exact) mass is 322 g/mol. The summed E-state index contributed by atoms with van der Waals surface area (Å²) in [5, 5.41) is 1.14. The van der Waals surface area contributed by atoms with E-state index in [2.05, 4.69) is 15.6 Å². The fraction of sp³-hybridized carbons (Fsp3) is 0.368. The fourth-order valence-electron chi connectivity index (χ4n) is 3.92. The Hall–Kier alpha value is -2.40. The number of imidazole rings is 1. The van der Waals surface area contributed by atoms with Gasteiger partial charge in [-0.15, -0.1) is 0 Å². The first-order valence-corrected chi connectivity index (χ1v) is 8.54. The summed E-state index contributed by atoms with van der Waals surface area (Å²) in [4.78, 5) is 17.7. The molecule has 1 unspecified atom stereocenters. The molecule has 1 aliphatic rings. The van der Waals surface area contributed by atoms with Crippen LogP contribution in [0.4, 0.5) is 0 Å². The number of carbonyl (C=O) groups is 1. The van der Waals surface area contributed by atoms with Crippen LogP contribution in [-0.2, 0) is 19.4 Å². The summed E-state index contributed by atoms with van der Waals surface area (Å²) in [6.07, 6.45) is 6.18. The van der Waals surface area contributed by atoms with Crippen LogP contribution in [0.25, 0.3) is 10.9 Å². The van der Waals surface area contributed by atoms with E-state index in [1.54, 1.807) is 0 Å². The zero-order chi connectivity index (χ0) is 16.7. The molecule has 4 rings (SSSR count). The maximum Gasteiger partial charge on any atom is 0.234 e. The lowest BCUT2D eigenvalue weighted by Crippen LogP contribution is -2.30. The zero-order valence-corrected chi connectivity index (χ0v) is 13.9. The van der Waals surface area contributed by atoms with Crippen molar-refractivity contribution in [3.05, 3.63) is 53.7 Å². The molecule has 5 heteroatoms. The van der Waals surface area contributed by atoms with Gasteiger partial charge in [-0.3, -0.25) is 9.36 Å². The van der Waals surface area contributed by atoms with Crippen molar-refractivity contribution in [2.24, 2.45) is 11.7 Å². The molecule has 24 heavy (non-hydrogen) atoms. The van der Waals surface area contributed by atoms with Crippen molar-refractivity contribution in [2.45, 2.75) is 32.7 Å². The van der Waals surface area contributed by atoms with E-state index < -0.39 is 0 Å². The summed E-state index contributed by atoms with van der Waals surface area (Å²) in [7, 11) is 0. The van der Waals surface area contributed by atoms with Crippen LogP contribution in [0.2, 0.25) is 0 Å². The Morgan fingerprint density at radius 3 is 3.04 bits per heavy atom. The first-order valence-electron chi connectivity index (χ1n) is 8.54. The minimum absolute atomic E-state index is 0.0138. The highest BCUT2D eigenvalue weighted by molar-refractivity contribution is 5.97. The Balaban J connectivity index is 1.76. The average Bonchev–Trinajstić information content (AvgIpc) is 3.17. The summed E-state index contributed by atoms with van der Waals surface area (Å²) < 4.78 is 4.05. The largest absolute Gasteiger partial charge is 0.335 e. The number of para-hydroxylation sites is 1. The molecule has 1 aliphatic heterocycles. The molecule has 0 radical (unpaired) electrons. The SMILES string of the molecule is Cc1c(CCN)c2ccccc2n1C(=O)C1CCn2ccnc2C1. The van der Waals surface area contributed by atoms with E-state index in [9.17, 15) is 4.79 Å². The molecule has 2 N–H and O–H groups in total. The molecule has 0 spiro atoms. The minimum atomic E-state index is -0.0138. The van der Waals surface area contributed by atoms with Gasteiger partial charge in [0.1, 0.15) is 5.82 Å². The number of hydrogen-bond acceptors (Lipinski definition) is 3. The van der Waals surface area contributed by atoms with Gasteiger partial charge in [0.2, 0.25) is 5.91 Å². The van der Waals surface area contributed by atoms with Gasteiger partial charge < -0.3 is 10.3 Å². The summed E-state index contributed by atoms with van der Waals surface area (Å²) >= 11 is 0. The standard InChI is InChI=1S/C19H22N4O/c1-13-15(6-8-20)16-4-2-3-5-17(16)23(13)19(24)14-7-10-22-11-9-21-18(22)12-14/h2-5,9,11,14H,6-8,10,12,20H2,1H3. The van der Waals surface area contributed by atoms with Crippen LogP contribution in [0.5, 0.6) is 0 Å². The Bertz CT molecular complexity index is 905.